The first kappa shape index (κ1) is 15.6. The lowest BCUT2D eigenvalue weighted by molar-refractivity contribution is 0.101. The maximum absolute atomic E-state index is 13.5. The number of phenolic OH excluding ortho intramolecular Hbond substituents is 1. The Morgan fingerprint density at radius 3 is 2.32 bits per heavy atom. The van der Waals surface area contributed by atoms with Crippen molar-refractivity contribution >= 4 is 5.78 Å². The highest BCUT2D eigenvalue weighted by Gasteiger charge is 2.15. The second-order valence-corrected chi connectivity index (χ2v) is 4.79. The molecule has 0 aliphatic heterocycles. The minimum atomic E-state index is -0.481. The van der Waals surface area contributed by atoms with Crippen LogP contribution in [0.4, 0.5) is 4.39 Å². The molecule has 0 heterocycles. The lowest BCUT2D eigenvalue weighted by Gasteiger charge is -2.22. The molecule has 0 spiro atoms. The van der Waals surface area contributed by atoms with Crippen molar-refractivity contribution in [2.45, 2.75) is 40.2 Å². The molecule has 0 aliphatic carbocycles. The molecule has 0 aromatic heterocycles. The number of benzene rings is 1. The molecule has 19 heavy (non-hydrogen) atoms. The van der Waals surface area contributed by atoms with Crippen LogP contribution in [-0.2, 0) is 6.54 Å². The van der Waals surface area contributed by atoms with E-state index in [1.807, 2.05) is 0 Å². The van der Waals surface area contributed by atoms with E-state index in [0.717, 1.165) is 32.0 Å². The van der Waals surface area contributed by atoms with E-state index in [2.05, 4.69) is 18.7 Å². The number of carbonyl (C=O) groups excluding carboxylic acids is 1. The van der Waals surface area contributed by atoms with E-state index in [9.17, 15) is 14.3 Å². The van der Waals surface area contributed by atoms with Crippen LogP contribution in [0, 0.1) is 5.82 Å². The second kappa shape index (κ2) is 7.24. The van der Waals surface area contributed by atoms with Crippen molar-refractivity contribution in [2.75, 3.05) is 13.1 Å². The van der Waals surface area contributed by atoms with Crippen LogP contribution < -0.4 is 0 Å². The molecule has 0 saturated carbocycles. The van der Waals surface area contributed by atoms with Gasteiger partial charge in [-0.1, -0.05) is 13.8 Å². The van der Waals surface area contributed by atoms with E-state index >= 15 is 0 Å². The molecule has 1 rings (SSSR count). The Hall–Kier alpha value is -1.42. The predicted molar refractivity (Wildman–Crippen MR) is 73.9 cm³/mol. The van der Waals surface area contributed by atoms with E-state index in [0.29, 0.717) is 12.1 Å². The van der Waals surface area contributed by atoms with Crippen molar-refractivity contribution in [3.63, 3.8) is 0 Å². The van der Waals surface area contributed by atoms with E-state index in [1.54, 1.807) is 0 Å². The van der Waals surface area contributed by atoms with Crippen LogP contribution in [0.5, 0.6) is 5.75 Å². The summed E-state index contributed by atoms with van der Waals surface area (Å²) in [5, 5.41) is 10.1. The third kappa shape index (κ3) is 4.31. The van der Waals surface area contributed by atoms with Gasteiger partial charge in [0.1, 0.15) is 11.6 Å². The van der Waals surface area contributed by atoms with Crippen LogP contribution in [0.3, 0.4) is 0 Å². The average Bonchev–Trinajstić information content (AvgIpc) is 2.33. The van der Waals surface area contributed by atoms with Crippen molar-refractivity contribution in [2.24, 2.45) is 0 Å². The first-order chi connectivity index (χ1) is 8.99. The largest absolute Gasteiger partial charge is 0.507 e. The third-order valence-corrected chi connectivity index (χ3v) is 3.01. The molecule has 3 nitrogen and oxygen atoms in total. The summed E-state index contributed by atoms with van der Waals surface area (Å²) < 4.78 is 13.5. The first-order valence-corrected chi connectivity index (χ1v) is 6.74. The fraction of sp³-hybridized carbons (Fsp3) is 0.533. The third-order valence-electron chi connectivity index (χ3n) is 3.01. The van der Waals surface area contributed by atoms with Gasteiger partial charge in [0.05, 0.1) is 5.56 Å². The molecule has 1 N–H and O–H groups in total. The molecule has 0 saturated heterocycles. The Kier molecular flexibility index (Phi) is 5.96. The number of halogens is 1. The molecule has 0 unspecified atom stereocenters. The number of nitrogens with zero attached hydrogens (tertiary/aromatic N) is 1. The summed E-state index contributed by atoms with van der Waals surface area (Å²) in [7, 11) is 0. The maximum Gasteiger partial charge on any atom is 0.163 e. The molecule has 0 bridgehead atoms. The normalized spacial score (nSPS) is 11.0. The number of aromatic hydroxyl groups is 1. The van der Waals surface area contributed by atoms with Crippen molar-refractivity contribution in [3.05, 3.63) is 29.1 Å². The highest BCUT2D eigenvalue weighted by atomic mass is 19.1. The average molecular weight is 267 g/mol. The highest BCUT2D eigenvalue weighted by Crippen LogP contribution is 2.26. The molecule has 0 atom stereocenters. The Balaban J connectivity index is 3.02. The highest BCUT2D eigenvalue weighted by molar-refractivity contribution is 5.97. The van der Waals surface area contributed by atoms with Gasteiger partial charge in [-0.25, -0.2) is 4.39 Å². The fourth-order valence-corrected chi connectivity index (χ4v) is 2.19. The van der Waals surface area contributed by atoms with Gasteiger partial charge in [-0.05, 0) is 45.0 Å². The van der Waals surface area contributed by atoms with Crippen LogP contribution in [0.25, 0.3) is 0 Å². The number of carbonyl (C=O) groups is 1. The zero-order valence-corrected chi connectivity index (χ0v) is 11.9. The van der Waals surface area contributed by atoms with Crippen LogP contribution in [-0.4, -0.2) is 28.9 Å². The van der Waals surface area contributed by atoms with Crippen LogP contribution in [0.1, 0.15) is 49.5 Å². The van der Waals surface area contributed by atoms with Crippen molar-refractivity contribution in [3.8, 4) is 5.75 Å². The summed E-state index contributed by atoms with van der Waals surface area (Å²) >= 11 is 0. The van der Waals surface area contributed by atoms with Gasteiger partial charge in [0.25, 0.3) is 0 Å². The minimum Gasteiger partial charge on any atom is -0.507 e. The van der Waals surface area contributed by atoms with Gasteiger partial charge in [-0.3, -0.25) is 9.69 Å². The minimum absolute atomic E-state index is 0.0583. The Morgan fingerprint density at radius 1 is 1.26 bits per heavy atom. The van der Waals surface area contributed by atoms with Crippen LogP contribution in [0.15, 0.2) is 12.1 Å². The SMILES string of the molecule is CCCN(CCC)Cc1cc(F)cc(C(C)=O)c1O. The molecule has 4 heteroatoms. The van der Waals surface area contributed by atoms with Gasteiger partial charge in [0.15, 0.2) is 5.78 Å². The van der Waals surface area contributed by atoms with Gasteiger partial charge in [0.2, 0.25) is 0 Å². The number of rotatable bonds is 7. The Morgan fingerprint density at radius 2 is 1.84 bits per heavy atom. The van der Waals surface area contributed by atoms with Gasteiger partial charge in [-0.2, -0.15) is 0 Å². The summed E-state index contributed by atoms with van der Waals surface area (Å²) in [6.45, 7) is 7.72. The van der Waals surface area contributed by atoms with E-state index < -0.39 is 5.82 Å². The molecular weight excluding hydrogens is 245 g/mol. The first-order valence-electron chi connectivity index (χ1n) is 6.74. The standard InChI is InChI=1S/C15H22FNO2/c1-4-6-17(7-5-2)10-12-8-13(16)9-14(11(3)18)15(12)19/h8-9,19H,4-7,10H2,1-3H3. The van der Waals surface area contributed by atoms with Crippen molar-refractivity contribution < 1.29 is 14.3 Å². The number of ketones is 1. The monoisotopic (exact) mass is 267 g/mol. The van der Waals surface area contributed by atoms with Gasteiger partial charge >= 0.3 is 0 Å². The zero-order chi connectivity index (χ0) is 14.4. The summed E-state index contributed by atoms with van der Waals surface area (Å²) in [6.07, 6.45) is 1.99. The summed E-state index contributed by atoms with van der Waals surface area (Å²) in [5.41, 5.74) is 0.537. The van der Waals surface area contributed by atoms with Crippen molar-refractivity contribution in [1.82, 2.24) is 4.90 Å². The molecular formula is C15H22FNO2. The molecule has 0 amide bonds. The molecule has 106 valence electrons. The van der Waals surface area contributed by atoms with Crippen LogP contribution >= 0.6 is 0 Å². The predicted octanol–water partition coefficient (Wildman–Crippen LogP) is 3.36. The fourth-order valence-electron chi connectivity index (χ4n) is 2.19. The number of Topliss-reactive ketones (excluding diaryl/α,β-unsaturated/α-hetero) is 1. The molecule has 0 radical (unpaired) electrons. The van der Waals surface area contributed by atoms with E-state index in [-0.39, 0.29) is 17.1 Å². The van der Waals surface area contributed by atoms with Gasteiger partial charge < -0.3 is 5.11 Å². The van der Waals surface area contributed by atoms with E-state index in [4.69, 9.17) is 0 Å². The van der Waals surface area contributed by atoms with Gasteiger partial charge in [0, 0.05) is 12.1 Å². The molecule has 1 aromatic rings. The lowest BCUT2D eigenvalue weighted by Crippen LogP contribution is -2.25. The summed E-state index contributed by atoms with van der Waals surface area (Å²) in [5.74, 6) is -0.896. The number of hydrogen-bond acceptors (Lipinski definition) is 3. The number of hydrogen-bond donors (Lipinski definition) is 1. The summed E-state index contributed by atoms with van der Waals surface area (Å²) in [6, 6.07) is 2.39. The Labute approximate surface area is 114 Å². The smallest absolute Gasteiger partial charge is 0.163 e. The molecule has 0 aliphatic rings. The Bertz CT molecular complexity index is 440. The van der Waals surface area contributed by atoms with Gasteiger partial charge in [-0.15, -0.1) is 0 Å². The summed E-state index contributed by atoms with van der Waals surface area (Å²) in [4.78, 5) is 13.5. The zero-order valence-electron chi connectivity index (χ0n) is 11.9. The maximum atomic E-state index is 13.5. The molecule has 0 fully saturated rings. The van der Waals surface area contributed by atoms with E-state index in [1.165, 1.54) is 13.0 Å². The second-order valence-electron chi connectivity index (χ2n) is 4.79. The molecule has 1 aromatic carbocycles. The topological polar surface area (TPSA) is 40.5 Å². The number of phenols is 1. The lowest BCUT2D eigenvalue weighted by atomic mass is 10.0. The van der Waals surface area contributed by atoms with Crippen LogP contribution in [0.2, 0.25) is 0 Å². The van der Waals surface area contributed by atoms with Crippen molar-refractivity contribution in [1.29, 1.82) is 0 Å². The quantitative estimate of drug-likeness (QED) is 0.770.